The molecule has 3 aromatic heterocycles. The number of thiophene rings is 1. The van der Waals surface area contributed by atoms with Crippen molar-refractivity contribution in [1.82, 2.24) is 25.2 Å². The summed E-state index contributed by atoms with van der Waals surface area (Å²) in [5.74, 6) is -1.28. The first-order valence-electron chi connectivity index (χ1n) is 7.71. The molecular formula is C16H10N6O3S3. The molecule has 0 atom stereocenters. The van der Waals surface area contributed by atoms with Crippen molar-refractivity contribution >= 4 is 51.3 Å². The number of tetrazole rings is 1. The molecule has 4 rings (SSSR count). The smallest absolute Gasteiger partial charge is 0.338 e. The molecule has 4 aromatic rings. The number of carboxylic acid groups (broad SMARTS) is 1. The molecule has 2 N–H and O–H groups in total. The van der Waals surface area contributed by atoms with E-state index >= 15 is 0 Å². The predicted molar refractivity (Wildman–Crippen MR) is 105 cm³/mol. The van der Waals surface area contributed by atoms with E-state index < -0.39 is 5.97 Å². The molecule has 9 nitrogen and oxygen atoms in total. The van der Waals surface area contributed by atoms with Crippen molar-refractivity contribution < 1.29 is 14.7 Å². The van der Waals surface area contributed by atoms with Gasteiger partial charge in [-0.25, -0.2) is 9.78 Å². The largest absolute Gasteiger partial charge is 0.478 e. The number of rotatable bonds is 6. The number of nitrogens with one attached hydrogen (secondary N) is 1. The van der Waals surface area contributed by atoms with Crippen molar-refractivity contribution in [1.29, 1.82) is 0 Å². The van der Waals surface area contributed by atoms with Gasteiger partial charge in [0.1, 0.15) is 10.0 Å². The number of benzene rings is 1. The molecule has 0 unspecified atom stereocenters. The van der Waals surface area contributed by atoms with Crippen LogP contribution in [0.5, 0.6) is 0 Å². The number of carboxylic acids is 1. The van der Waals surface area contributed by atoms with Crippen LogP contribution in [0.4, 0.5) is 5.00 Å². The quantitative estimate of drug-likeness (QED) is 0.478. The number of aromatic carboxylic acids is 1. The lowest BCUT2D eigenvalue weighted by Crippen LogP contribution is -2.10. The van der Waals surface area contributed by atoms with Gasteiger partial charge >= 0.3 is 5.97 Å². The minimum atomic E-state index is -1.05. The van der Waals surface area contributed by atoms with E-state index in [4.69, 9.17) is 0 Å². The number of nitrogens with zero attached hydrogens (tertiary/aromatic N) is 5. The summed E-state index contributed by atoms with van der Waals surface area (Å²) in [6, 6.07) is 10.4. The summed E-state index contributed by atoms with van der Waals surface area (Å²) in [5.41, 5.74) is 0.669. The van der Waals surface area contributed by atoms with Crippen LogP contribution in [-0.4, -0.2) is 42.2 Å². The highest BCUT2D eigenvalue weighted by Gasteiger charge is 2.19. The molecule has 0 saturated heterocycles. The third kappa shape index (κ3) is 3.78. The monoisotopic (exact) mass is 430 g/mol. The molecule has 12 heteroatoms. The van der Waals surface area contributed by atoms with E-state index in [0.29, 0.717) is 25.1 Å². The number of thiazole rings is 1. The molecule has 0 aliphatic carbocycles. The second-order valence-corrected chi connectivity index (χ2v) is 8.37. The fraction of sp³-hybridized carbons (Fsp3) is 0. The molecular weight excluding hydrogens is 420 g/mol. The Morgan fingerprint density at radius 3 is 2.79 bits per heavy atom. The van der Waals surface area contributed by atoms with Crippen LogP contribution in [0.15, 0.2) is 57.5 Å². The van der Waals surface area contributed by atoms with Gasteiger partial charge in [0, 0.05) is 5.56 Å². The molecule has 0 fully saturated rings. The van der Waals surface area contributed by atoms with E-state index in [2.05, 4.69) is 25.8 Å². The van der Waals surface area contributed by atoms with Crippen LogP contribution < -0.4 is 5.32 Å². The van der Waals surface area contributed by atoms with E-state index in [1.165, 1.54) is 45.2 Å². The van der Waals surface area contributed by atoms with Crippen molar-refractivity contribution in [3.8, 4) is 5.00 Å². The summed E-state index contributed by atoms with van der Waals surface area (Å²) in [5, 5.41) is 26.6. The van der Waals surface area contributed by atoms with Gasteiger partial charge in [-0.1, -0.05) is 29.5 Å². The zero-order valence-electron chi connectivity index (χ0n) is 13.8. The molecule has 0 saturated carbocycles. The Morgan fingerprint density at radius 1 is 1.18 bits per heavy atom. The number of anilines is 1. The van der Waals surface area contributed by atoms with Gasteiger partial charge in [-0.05, 0) is 45.8 Å². The summed E-state index contributed by atoms with van der Waals surface area (Å²) >= 11 is 3.67. The van der Waals surface area contributed by atoms with Crippen LogP contribution in [0.2, 0.25) is 0 Å². The van der Waals surface area contributed by atoms with Gasteiger partial charge in [-0.2, -0.15) is 4.68 Å². The Hall–Kier alpha value is -3.09. The zero-order valence-corrected chi connectivity index (χ0v) is 16.3. The number of aromatic nitrogens is 5. The van der Waals surface area contributed by atoms with Crippen LogP contribution in [0, 0.1) is 0 Å². The maximum absolute atomic E-state index is 12.2. The van der Waals surface area contributed by atoms with E-state index in [9.17, 15) is 14.7 Å². The molecule has 0 aliphatic rings. The lowest BCUT2D eigenvalue weighted by Gasteiger charge is -2.02. The first-order valence-corrected chi connectivity index (χ1v) is 10.2. The van der Waals surface area contributed by atoms with Gasteiger partial charge in [-0.3, -0.25) is 4.79 Å². The summed E-state index contributed by atoms with van der Waals surface area (Å²) in [6.45, 7) is 0. The Bertz CT molecular complexity index is 1140. The van der Waals surface area contributed by atoms with Crippen LogP contribution in [0.1, 0.15) is 20.7 Å². The van der Waals surface area contributed by atoms with Crippen molar-refractivity contribution in [2.75, 3.05) is 5.32 Å². The molecule has 0 spiro atoms. The topological polar surface area (TPSA) is 123 Å². The second kappa shape index (κ2) is 7.88. The van der Waals surface area contributed by atoms with Crippen molar-refractivity contribution in [3.63, 3.8) is 0 Å². The van der Waals surface area contributed by atoms with E-state index in [-0.39, 0.29) is 11.5 Å². The zero-order chi connectivity index (χ0) is 19.5. The van der Waals surface area contributed by atoms with Crippen molar-refractivity contribution in [3.05, 3.63) is 59.1 Å². The van der Waals surface area contributed by atoms with Crippen LogP contribution in [0.25, 0.3) is 5.00 Å². The predicted octanol–water partition coefficient (Wildman–Crippen LogP) is 3.28. The Morgan fingerprint density at radius 2 is 2.00 bits per heavy atom. The molecule has 1 aromatic carbocycles. The second-order valence-electron chi connectivity index (χ2n) is 5.23. The van der Waals surface area contributed by atoms with Crippen molar-refractivity contribution in [2.45, 2.75) is 9.50 Å². The summed E-state index contributed by atoms with van der Waals surface area (Å²) in [7, 11) is 0. The minimum Gasteiger partial charge on any atom is -0.478 e. The average Bonchev–Trinajstić information content (AvgIpc) is 3.43. The van der Waals surface area contributed by atoms with Crippen LogP contribution in [-0.2, 0) is 0 Å². The summed E-state index contributed by atoms with van der Waals surface area (Å²) in [6.07, 6.45) is 1.55. The molecule has 0 aliphatic heterocycles. The van der Waals surface area contributed by atoms with E-state index in [0.717, 1.165) is 0 Å². The maximum atomic E-state index is 12.2. The van der Waals surface area contributed by atoms with E-state index in [1.807, 2.05) is 6.07 Å². The number of carbonyl (C=O) groups is 2. The Balaban J connectivity index is 1.51. The number of amides is 1. The van der Waals surface area contributed by atoms with Gasteiger partial charge in [0.25, 0.3) is 5.91 Å². The third-order valence-electron chi connectivity index (χ3n) is 3.44. The van der Waals surface area contributed by atoms with Crippen molar-refractivity contribution in [2.24, 2.45) is 0 Å². The lowest BCUT2D eigenvalue weighted by molar-refractivity contribution is 0.0697. The SMILES string of the molecule is O=C(Nc1cnc(Sc2nnnn2-c2sccc2C(=O)O)s1)c1ccccc1. The third-order valence-corrected chi connectivity index (χ3v) is 6.26. The molecule has 0 bridgehead atoms. The number of hydrogen-bond donors (Lipinski definition) is 2. The van der Waals surface area contributed by atoms with Crippen LogP contribution in [0.3, 0.4) is 0 Å². The fourth-order valence-electron chi connectivity index (χ4n) is 2.21. The molecule has 0 radical (unpaired) electrons. The van der Waals surface area contributed by atoms with Gasteiger partial charge < -0.3 is 10.4 Å². The highest BCUT2D eigenvalue weighted by molar-refractivity contribution is 8.01. The fourth-order valence-corrected chi connectivity index (χ4v) is 4.86. The Kier molecular flexibility index (Phi) is 5.14. The first kappa shape index (κ1) is 18.3. The summed E-state index contributed by atoms with van der Waals surface area (Å²) < 4.78 is 1.97. The van der Waals surface area contributed by atoms with Crippen LogP contribution >= 0.6 is 34.4 Å². The molecule has 28 heavy (non-hydrogen) atoms. The normalized spacial score (nSPS) is 10.7. The highest BCUT2D eigenvalue weighted by atomic mass is 32.2. The minimum absolute atomic E-state index is 0.120. The summed E-state index contributed by atoms with van der Waals surface area (Å²) in [4.78, 5) is 27.8. The maximum Gasteiger partial charge on any atom is 0.338 e. The van der Waals surface area contributed by atoms with Gasteiger partial charge in [0.2, 0.25) is 5.16 Å². The van der Waals surface area contributed by atoms with E-state index in [1.54, 1.807) is 35.8 Å². The van der Waals surface area contributed by atoms with Gasteiger partial charge in [0.05, 0.1) is 11.8 Å². The first-order chi connectivity index (χ1) is 13.6. The molecule has 140 valence electrons. The standard InChI is InChI=1S/C16H10N6O3S3/c23-12(9-4-2-1-3-5-9)18-11-8-17-16(27-11)28-15-19-20-21-22(15)13-10(14(24)25)6-7-26-13/h1-8H,(H,18,23)(H,24,25). The van der Waals surface area contributed by atoms with Gasteiger partial charge in [0.15, 0.2) is 4.34 Å². The molecule has 1 amide bonds. The number of carbonyl (C=O) groups excluding carboxylic acids is 1. The average molecular weight is 430 g/mol. The number of hydrogen-bond acceptors (Lipinski definition) is 9. The Labute approximate surface area is 170 Å². The lowest BCUT2D eigenvalue weighted by atomic mass is 10.2. The van der Waals surface area contributed by atoms with Gasteiger partial charge in [-0.15, -0.1) is 16.4 Å². The molecule has 3 heterocycles. The highest BCUT2D eigenvalue weighted by Crippen LogP contribution is 2.34.